The van der Waals surface area contributed by atoms with E-state index in [1.54, 1.807) is 0 Å². The van der Waals surface area contributed by atoms with Crippen LogP contribution in [0.25, 0.3) is 5.57 Å². The standard InChI is InChI=1S/C18H17NO/c1-2-14(18(20)13-8-4-3-5-9-13)16-12-19-17-11-7-6-10-15(16)17/h3-11,14H,2,12H2,1H3. The molecule has 1 aliphatic rings. The fourth-order valence-electron chi connectivity index (χ4n) is 2.83. The van der Waals surface area contributed by atoms with Crippen molar-refractivity contribution in [2.75, 3.05) is 6.54 Å². The smallest absolute Gasteiger partial charge is 0.170 e. The lowest BCUT2D eigenvalue weighted by molar-refractivity contribution is 0.0946. The second-order valence-corrected chi connectivity index (χ2v) is 5.05. The van der Waals surface area contributed by atoms with Crippen LogP contribution >= 0.6 is 0 Å². The SMILES string of the molecule is CCC(C(=O)c1ccccc1)C1=c2ccccc2=NC1. The molecule has 0 saturated heterocycles. The zero-order chi connectivity index (χ0) is 13.9. The van der Waals surface area contributed by atoms with Gasteiger partial charge in [-0.2, -0.15) is 0 Å². The molecule has 0 amide bonds. The number of hydrogen-bond donors (Lipinski definition) is 0. The molecular weight excluding hydrogens is 246 g/mol. The predicted octanol–water partition coefficient (Wildman–Crippen LogP) is 2.38. The zero-order valence-electron chi connectivity index (χ0n) is 11.5. The Morgan fingerprint density at radius 3 is 2.55 bits per heavy atom. The summed E-state index contributed by atoms with van der Waals surface area (Å²) in [6.45, 7) is 2.72. The van der Waals surface area contributed by atoms with Crippen molar-refractivity contribution >= 4 is 11.4 Å². The summed E-state index contributed by atoms with van der Waals surface area (Å²) in [7, 11) is 0. The molecular formula is C18H17NO. The van der Waals surface area contributed by atoms with Crippen LogP contribution in [0.4, 0.5) is 0 Å². The Labute approximate surface area is 118 Å². The summed E-state index contributed by atoms with van der Waals surface area (Å²) in [6, 6.07) is 17.6. The third kappa shape index (κ3) is 2.18. The summed E-state index contributed by atoms with van der Waals surface area (Å²) in [5.41, 5.74) is 1.95. The Balaban J connectivity index is 2.05. The molecule has 2 aromatic rings. The van der Waals surface area contributed by atoms with E-state index in [0.29, 0.717) is 6.54 Å². The molecule has 0 aromatic heterocycles. The maximum absolute atomic E-state index is 12.7. The Kier molecular flexibility index (Phi) is 3.46. The lowest BCUT2D eigenvalue weighted by Crippen LogP contribution is -2.27. The van der Waals surface area contributed by atoms with Gasteiger partial charge < -0.3 is 0 Å². The second-order valence-electron chi connectivity index (χ2n) is 5.05. The van der Waals surface area contributed by atoms with Crippen molar-refractivity contribution in [3.05, 3.63) is 70.7 Å². The number of ketones is 1. The van der Waals surface area contributed by atoms with E-state index in [0.717, 1.165) is 28.1 Å². The second kappa shape index (κ2) is 5.41. The van der Waals surface area contributed by atoms with Crippen molar-refractivity contribution in [3.63, 3.8) is 0 Å². The molecule has 0 spiro atoms. The number of para-hydroxylation sites is 1. The van der Waals surface area contributed by atoms with Gasteiger partial charge in [-0.1, -0.05) is 55.5 Å². The summed E-state index contributed by atoms with van der Waals surface area (Å²) < 4.78 is 0. The van der Waals surface area contributed by atoms with Gasteiger partial charge in [0.05, 0.1) is 11.9 Å². The van der Waals surface area contributed by atoms with Crippen LogP contribution in [-0.2, 0) is 0 Å². The van der Waals surface area contributed by atoms with E-state index in [9.17, 15) is 4.79 Å². The molecule has 2 heteroatoms. The van der Waals surface area contributed by atoms with Crippen molar-refractivity contribution in [3.8, 4) is 0 Å². The highest BCUT2D eigenvalue weighted by molar-refractivity contribution is 6.03. The Bertz CT molecular complexity index is 746. The van der Waals surface area contributed by atoms with Gasteiger partial charge in [-0.05, 0) is 18.1 Å². The average molecular weight is 263 g/mol. The van der Waals surface area contributed by atoms with Crippen molar-refractivity contribution in [2.24, 2.45) is 10.9 Å². The largest absolute Gasteiger partial charge is 0.294 e. The number of fused-ring (bicyclic) bond motifs is 1. The highest BCUT2D eigenvalue weighted by atomic mass is 16.1. The summed E-state index contributed by atoms with van der Waals surface area (Å²) in [6.07, 6.45) is 0.812. The van der Waals surface area contributed by atoms with E-state index in [4.69, 9.17) is 0 Å². The van der Waals surface area contributed by atoms with Crippen LogP contribution in [0.2, 0.25) is 0 Å². The van der Waals surface area contributed by atoms with Crippen molar-refractivity contribution < 1.29 is 4.79 Å². The van der Waals surface area contributed by atoms with Gasteiger partial charge in [0.2, 0.25) is 0 Å². The minimum Gasteiger partial charge on any atom is -0.294 e. The highest BCUT2D eigenvalue weighted by Crippen LogP contribution is 2.22. The van der Waals surface area contributed by atoms with E-state index in [1.165, 1.54) is 0 Å². The Hall–Kier alpha value is -2.22. The molecule has 3 rings (SSSR count). The van der Waals surface area contributed by atoms with Gasteiger partial charge in [-0.3, -0.25) is 9.79 Å². The molecule has 0 aliphatic carbocycles. The topological polar surface area (TPSA) is 29.4 Å². The third-order valence-corrected chi connectivity index (χ3v) is 3.87. The molecule has 1 unspecified atom stereocenters. The first kappa shape index (κ1) is 12.8. The number of hydrogen-bond acceptors (Lipinski definition) is 2. The van der Waals surface area contributed by atoms with Gasteiger partial charge in [0.1, 0.15) is 0 Å². The van der Waals surface area contributed by atoms with Gasteiger partial charge in [0.15, 0.2) is 5.78 Å². The Morgan fingerprint density at radius 2 is 1.80 bits per heavy atom. The number of rotatable bonds is 4. The first-order valence-electron chi connectivity index (χ1n) is 7.03. The molecule has 100 valence electrons. The van der Waals surface area contributed by atoms with Gasteiger partial charge in [-0.15, -0.1) is 0 Å². The summed E-state index contributed by atoms with van der Waals surface area (Å²) in [5, 5.41) is 2.16. The molecule has 1 atom stereocenters. The molecule has 0 radical (unpaired) electrons. The predicted molar refractivity (Wildman–Crippen MR) is 80.1 cm³/mol. The first-order chi connectivity index (χ1) is 9.81. The lowest BCUT2D eigenvalue weighted by atomic mass is 9.87. The van der Waals surface area contributed by atoms with Gasteiger partial charge in [0, 0.05) is 16.7 Å². The first-order valence-corrected chi connectivity index (χ1v) is 7.03. The van der Waals surface area contributed by atoms with Gasteiger partial charge in [0.25, 0.3) is 0 Å². The quantitative estimate of drug-likeness (QED) is 0.779. The van der Waals surface area contributed by atoms with E-state index >= 15 is 0 Å². The number of benzene rings is 2. The van der Waals surface area contributed by atoms with Crippen LogP contribution in [0.5, 0.6) is 0 Å². The van der Waals surface area contributed by atoms with Crippen LogP contribution in [-0.4, -0.2) is 12.3 Å². The molecule has 0 fully saturated rings. The molecule has 0 saturated carbocycles. The Morgan fingerprint density at radius 1 is 1.10 bits per heavy atom. The molecule has 2 nitrogen and oxygen atoms in total. The molecule has 0 N–H and O–H groups in total. The average Bonchev–Trinajstić information content (AvgIpc) is 2.93. The van der Waals surface area contributed by atoms with Crippen LogP contribution in [0.15, 0.2) is 59.6 Å². The maximum Gasteiger partial charge on any atom is 0.170 e. The van der Waals surface area contributed by atoms with Crippen molar-refractivity contribution in [1.29, 1.82) is 0 Å². The van der Waals surface area contributed by atoms with Gasteiger partial charge in [-0.25, -0.2) is 0 Å². The van der Waals surface area contributed by atoms with Crippen LogP contribution < -0.4 is 10.6 Å². The lowest BCUT2D eigenvalue weighted by Gasteiger charge is -2.15. The van der Waals surface area contributed by atoms with Crippen LogP contribution in [0, 0.1) is 5.92 Å². The fraction of sp³-hybridized carbons (Fsp3) is 0.222. The van der Waals surface area contributed by atoms with Crippen LogP contribution in [0.1, 0.15) is 23.7 Å². The molecule has 1 aliphatic heterocycles. The van der Waals surface area contributed by atoms with E-state index in [-0.39, 0.29) is 11.7 Å². The molecule has 2 aromatic carbocycles. The molecule has 1 heterocycles. The maximum atomic E-state index is 12.7. The minimum atomic E-state index is -0.0650. The number of Topliss-reactive ketones (excluding diaryl/α,β-unsaturated/α-hetero) is 1. The fourth-order valence-corrected chi connectivity index (χ4v) is 2.83. The summed E-state index contributed by atoms with van der Waals surface area (Å²) in [4.78, 5) is 17.2. The zero-order valence-corrected chi connectivity index (χ0v) is 11.5. The van der Waals surface area contributed by atoms with Gasteiger partial charge >= 0.3 is 0 Å². The van der Waals surface area contributed by atoms with E-state index < -0.39 is 0 Å². The number of nitrogens with zero attached hydrogens (tertiary/aromatic N) is 1. The molecule has 20 heavy (non-hydrogen) atoms. The van der Waals surface area contributed by atoms with E-state index in [2.05, 4.69) is 18.0 Å². The van der Waals surface area contributed by atoms with Crippen molar-refractivity contribution in [1.82, 2.24) is 0 Å². The molecule has 0 bridgehead atoms. The summed E-state index contributed by atoms with van der Waals surface area (Å²) in [5.74, 6) is 0.139. The van der Waals surface area contributed by atoms with Crippen molar-refractivity contribution in [2.45, 2.75) is 13.3 Å². The highest BCUT2D eigenvalue weighted by Gasteiger charge is 2.24. The third-order valence-electron chi connectivity index (χ3n) is 3.87. The summed E-state index contributed by atoms with van der Waals surface area (Å²) >= 11 is 0. The monoisotopic (exact) mass is 263 g/mol. The normalized spacial score (nSPS) is 14.6. The minimum absolute atomic E-state index is 0.0650. The number of carbonyl (C=O) groups is 1. The van der Waals surface area contributed by atoms with E-state index in [1.807, 2.05) is 48.5 Å². The van der Waals surface area contributed by atoms with Crippen LogP contribution in [0.3, 0.4) is 0 Å². The number of carbonyl (C=O) groups excluding carboxylic acids is 1.